The maximum atomic E-state index is 12.0. The lowest BCUT2D eigenvalue weighted by Crippen LogP contribution is -2.46. The van der Waals surface area contributed by atoms with E-state index < -0.39 is 21.8 Å². The van der Waals surface area contributed by atoms with E-state index in [0.29, 0.717) is 24.6 Å². The smallest absolute Gasteiger partial charge is 0.311 e. The van der Waals surface area contributed by atoms with Crippen molar-refractivity contribution in [3.63, 3.8) is 0 Å². The molecule has 1 aliphatic rings. The van der Waals surface area contributed by atoms with E-state index in [4.69, 9.17) is 5.14 Å². The first kappa shape index (κ1) is 17.4. The molecule has 8 heteroatoms. The largest absolute Gasteiger partial charge is 0.344 e. The summed E-state index contributed by atoms with van der Waals surface area (Å²) in [6.45, 7) is 3.50. The van der Waals surface area contributed by atoms with Gasteiger partial charge in [0.05, 0.1) is 4.90 Å². The van der Waals surface area contributed by atoms with Crippen LogP contribution < -0.4 is 10.5 Å². The van der Waals surface area contributed by atoms with E-state index in [1.807, 2.05) is 0 Å². The molecule has 0 spiro atoms. The second kappa shape index (κ2) is 7.10. The zero-order valence-electron chi connectivity index (χ0n) is 13.0. The zero-order valence-corrected chi connectivity index (χ0v) is 13.8. The molecule has 1 saturated heterocycles. The van der Waals surface area contributed by atoms with Crippen LogP contribution in [0.15, 0.2) is 29.2 Å². The minimum Gasteiger partial charge on any atom is -0.344 e. The molecule has 0 bridgehead atoms. The third kappa shape index (κ3) is 4.77. The minimum absolute atomic E-state index is 0.00564. The van der Waals surface area contributed by atoms with Gasteiger partial charge in [-0.1, -0.05) is 19.1 Å². The molecule has 0 saturated carbocycles. The summed E-state index contributed by atoms with van der Waals surface area (Å²) in [7, 11) is -3.73. The number of benzene rings is 1. The summed E-state index contributed by atoms with van der Waals surface area (Å²) >= 11 is 0. The van der Waals surface area contributed by atoms with Gasteiger partial charge in [-0.05, 0) is 36.5 Å². The van der Waals surface area contributed by atoms with Crippen molar-refractivity contribution in [3.05, 3.63) is 29.8 Å². The Morgan fingerprint density at radius 1 is 1.22 bits per heavy atom. The summed E-state index contributed by atoms with van der Waals surface area (Å²) in [5.41, 5.74) is 0.686. The monoisotopic (exact) mass is 339 g/mol. The number of nitrogens with one attached hydrogen (secondary N) is 1. The quantitative estimate of drug-likeness (QED) is 0.767. The first-order chi connectivity index (χ1) is 10.8. The third-order valence-electron chi connectivity index (χ3n) is 3.97. The van der Waals surface area contributed by atoms with Crippen LogP contribution in [0, 0.1) is 5.92 Å². The fourth-order valence-corrected chi connectivity index (χ4v) is 2.93. The molecule has 1 fully saturated rings. The summed E-state index contributed by atoms with van der Waals surface area (Å²) < 4.78 is 22.3. The van der Waals surface area contributed by atoms with Gasteiger partial charge in [0.2, 0.25) is 10.0 Å². The van der Waals surface area contributed by atoms with Crippen LogP contribution >= 0.6 is 0 Å². The van der Waals surface area contributed by atoms with Gasteiger partial charge in [-0.2, -0.15) is 0 Å². The van der Waals surface area contributed by atoms with E-state index in [1.54, 1.807) is 17.0 Å². The molecule has 7 nitrogen and oxygen atoms in total. The van der Waals surface area contributed by atoms with Crippen LogP contribution in [-0.4, -0.2) is 38.2 Å². The number of hydrogen-bond donors (Lipinski definition) is 2. The number of piperidine rings is 1. The van der Waals surface area contributed by atoms with Gasteiger partial charge in [0.1, 0.15) is 0 Å². The topological polar surface area (TPSA) is 110 Å². The van der Waals surface area contributed by atoms with E-state index in [0.717, 1.165) is 12.8 Å². The van der Waals surface area contributed by atoms with Gasteiger partial charge in [0.25, 0.3) is 0 Å². The van der Waals surface area contributed by atoms with E-state index in [-0.39, 0.29) is 11.4 Å². The number of likely N-dealkylation sites (tertiary alicyclic amines) is 1. The van der Waals surface area contributed by atoms with E-state index in [2.05, 4.69) is 12.2 Å². The molecular formula is C15H21N3O4S. The van der Waals surface area contributed by atoms with Crippen LogP contribution in [0.5, 0.6) is 0 Å². The highest BCUT2D eigenvalue weighted by Crippen LogP contribution is 2.16. The first-order valence-corrected chi connectivity index (χ1v) is 9.01. The van der Waals surface area contributed by atoms with Crippen molar-refractivity contribution in [3.8, 4) is 0 Å². The molecule has 126 valence electrons. The molecule has 23 heavy (non-hydrogen) atoms. The van der Waals surface area contributed by atoms with Gasteiger partial charge in [-0.15, -0.1) is 0 Å². The number of carbonyl (C=O) groups excluding carboxylic acids is 2. The Kier molecular flexibility index (Phi) is 5.38. The lowest BCUT2D eigenvalue weighted by molar-refractivity contribution is -0.146. The van der Waals surface area contributed by atoms with Crippen LogP contribution in [0.3, 0.4) is 0 Å². The SMILES string of the molecule is CC1CCN(C(=O)C(=O)NCc2ccc(S(N)(=O)=O)cc2)CC1. The Labute approximate surface area is 135 Å². The number of rotatable bonds is 3. The van der Waals surface area contributed by atoms with Gasteiger partial charge < -0.3 is 10.2 Å². The second-order valence-corrected chi connectivity index (χ2v) is 7.41. The van der Waals surface area contributed by atoms with E-state index in [9.17, 15) is 18.0 Å². The lowest BCUT2D eigenvalue weighted by Gasteiger charge is -2.29. The highest BCUT2D eigenvalue weighted by molar-refractivity contribution is 7.89. The molecule has 0 aromatic heterocycles. The molecule has 0 aliphatic carbocycles. The van der Waals surface area contributed by atoms with Gasteiger partial charge in [-0.3, -0.25) is 9.59 Å². The average molecular weight is 339 g/mol. The van der Waals surface area contributed by atoms with Crippen molar-refractivity contribution in [1.29, 1.82) is 0 Å². The summed E-state index contributed by atoms with van der Waals surface area (Å²) in [4.78, 5) is 25.5. The molecule has 2 rings (SSSR count). The highest BCUT2D eigenvalue weighted by atomic mass is 32.2. The normalized spacial score (nSPS) is 16.2. The summed E-state index contributed by atoms with van der Waals surface area (Å²) in [6.07, 6.45) is 1.82. The Morgan fingerprint density at radius 3 is 2.30 bits per heavy atom. The molecule has 0 atom stereocenters. The molecule has 2 amide bonds. The fraction of sp³-hybridized carbons (Fsp3) is 0.467. The summed E-state index contributed by atoms with van der Waals surface area (Å²) in [5.74, 6) is -0.576. The zero-order chi connectivity index (χ0) is 17.0. The molecule has 3 N–H and O–H groups in total. The molecule has 1 heterocycles. The van der Waals surface area contributed by atoms with Crippen molar-refractivity contribution in [2.45, 2.75) is 31.2 Å². The number of nitrogens with two attached hydrogens (primary N) is 1. The molecule has 0 radical (unpaired) electrons. The van der Waals surface area contributed by atoms with E-state index in [1.165, 1.54) is 12.1 Å². The third-order valence-corrected chi connectivity index (χ3v) is 4.90. The van der Waals surface area contributed by atoms with Crippen molar-refractivity contribution in [1.82, 2.24) is 10.2 Å². The average Bonchev–Trinajstić information content (AvgIpc) is 2.52. The lowest BCUT2D eigenvalue weighted by atomic mass is 9.99. The second-order valence-electron chi connectivity index (χ2n) is 5.85. The van der Waals surface area contributed by atoms with E-state index >= 15 is 0 Å². The van der Waals surface area contributed by atoms with Crippen LogP contribution in [0.2, 0.25) is 0 Å². The van der Waals surface area contributed by atoms with Crippen LogP contribution in [-0.2, 0) is 26.2 Å². The molecule has 1 aromatic carbocycles. The standard InChI is InChI=1S/C15H21N3O4S/c1-11-6-8-18(9-7-11)15(20)14(19)17-10-12-2-4-13(5-3-12)23(16,21)22/h2-5,11H,6-10H2,1H3,(H,17,19)(H2,16,21,22). The molecule has 1 aromatic rings. The Bertz CT molecular complexity index is 677. The maximum Gasteiger partial charge on any atom is 0.311 e. The Hall–Kier alpha value is -1.93. The summed E-state index contributed by atoms with van der Waals surface area (Å²) in [5, 5.41) is 7.57. The number of amides is 2. The van der Waals surface area contributed by atoms with Crippen LogP contribution in [0.4, 0.5) is 0 Å². The molecular weight excluding hydrogens is 318 g/mol. The Balaban J connectivity index is 1.87. The number of nitrogens with zero attached hydrogens (tertiary/aromatic N) is 1. The number of carbonyl (C=O) groups is 2. The number of primary sulfonamides is 1. The van der Waals surface area contributed by atoms with Crippen molar-refractivity contribution >= 4 is 21.8 Å². The maximum absolute atomic E-state index is 12.0. The van der Waals surface area contributed by atoms with Crippen LogP contribution in [0.25, 0.3) is 0 Å². The van der Waals surface area contributed by atoms with Gasteiger partial charge in [-0.25, -0.2) is 13.6 Å². The van der Waals surface area contributed by atoms with Gasteiger partial charge in [0, 0.05) is 19.6 Å². The number of sulfonamides is 1. The van der Waals surface area contributed by atoms with Gasteiger partial charge >= 0.3 is 11.8 Å². The Morgan fingerprint density at radius 2 is 1.78 bits per heavy atom. The summed E-state index contributed by atoms with van der Waals surface area (Å²) in [6, 6.07) is 5.83. The first-order valence-electron chi connectivity index (χ1n) is 7.46. The highest BCUT2D eigenvalue weighted by Gasteiger charge is 2.25. The molecule has 0 unspecified atom stereocenters. The van der Waals surface area contributed by atoms with Crippen LogP contribution in [0.1, 0.15) is 25.3 Å². The fourth-order valence-electron chi connectivity index (χ4n) is 2.41. The van der Waals surface area contributed by atoms with Crippen molar-refractivity contribution < 1.29 is 18.0 Å². The van der Waals surface area contributed by atoms with Crippen molar-refractivity contribution in [2.75, 3.05) is 13.1 Å². The predicted octanol–water partition coefficient (Wildman–Crippen LogP) is 0.209. The minimum atomic E-state index is -3.73. The predicted molar refractivity (Wildman–Crippen MR) is 84.6 cm³/mol. The molecule has 1 aliphatic heterocycles. The van der Waals surface area contributed by atoms with Gasteiger partial charge in [0.15, 0.2) is 0 Å². The number of hydrogen-bond acceptors (Lipinski definition) is 4. The van der Waals surface area contributed by atoms with Crippen molar-refractivity contribution in [2.24, 2.45) is 11.1 Å².